The molecule has 1 amide bonds. The van der Waals surface area contributed by atoms with Gasteiger partial charge in [0.05, 0.1) is 6.54 Å². The van der Waals surface area contributed by atoms with Crippen LogP contribution in [0.2, 0.25) is 0 Å². The number of likely N-dealkylation sites (N-methyl/N-ethyl adjacent to an activating group) is 1. The lowest BCUT2D eigenvalue weighted by atomic mass is 10.3. The van der Waals surface area contributed by atoms with Gasteiger partial charge in [-0.05, 0) is 25.2 Å². The number of ether oxygens (including phenoxy) is 1. The molecule has 0 aliphatic carbocycles. The normalized spacial score (nSPS) is 14.5. The van der Waals surface area contributed by atoms with E-state index in [4.69, 9.17) is 4.74 Å². The van der Waals surface area contributed by atoms with Crippen molar-refractivity contribution >= 4 is 11.9 Å². The van der Waals surface area contributed by atoms with E-state index < -0.39 is 0 Å². The van der Waals surface area contributed by atoms with E-state index in [0.29, 0.717) is 38.7 Å². The summed E-state index contributed by atoms with van der Waals surface area (Å²) in [5, 5.41) is 0. The Morgan fingerprint density at radius 1 is 1.15 bits per heavy atom. The molecule has 0 N–H and O–H groups in total. The Kier molecular flexibility index (Phi) is 6.54. The van der Waals surface area contributed by atoms with Crippen LogP contribution in [0, 0.1) is 5.82 Å². The zero-order valence-electron chi connectivity index (χ0n) is 15.4. The maximum absolute atomic E-state index is 13.5. The van der Waals surface area contributed by atoms with E-state index in [1.807, 2.05) is 16.8 Å². The summed E-state index contributed by atoms with van der Waals surface area (Å²) in [6, 6.07) is 8.09. The van der Waals surface area contributed by atoms with Crippen LogP contribution in [0.1, 0.15) is 0 Å². The Morgan fingerprint density at radius 3 is 2.56 bits per heavy atom. The lowest BCUT2D eigenvalue weighted by molar-refractivity contribution is -0.132. The molecule has 3 rings (SSSR count). The van der Waals surface area contributed by atoms with E-state index >= 15 is 0 Å². The van der Waals surface area contributed by atoms with Crippen LogP contribution in [-0.4, -0.2) is 78.6 Å². The first kappa shape index (κ1) is 19.0. The molecule has 2 aromatic rings. The third-order valence-corrected chi connectivity index (χ3v) is 4.44. The molecule has 1 aromatic heterocycles. The molecular weight excluding hydrogens is 349 g/mol. The van der Waals surface area contributed by atoms with Crippen molar-refractivity contribution in [3.05, 3.63) is 48.5 Å². The number of carbonyl (C=O) groups is 1. The van der Waals surface area contributed by atoms with Crippen molar-refractivity contribution in [2.24, 2.45) is 0 Å². The summed E-state index contributed by atoms with van der Waals surface area (Å²) in [5.74, 6) is 0.636. The Hall–Kier alpha value is -2.74. The number of hydrogen-bond donors (Lipinski definition) is 0. The highest BCUT2D eigenvalue weighted by Crippen LogP contribution is 2.15. The van der Waals surface area contributed by atoms with Crippen LogP contribution in [0.15, 0.2) is 42.7 Å². The van der Waals surface area contributed by atoms with Crippen molar-refractivity contribution in [2.45, 2.75) is 0 Å². The molecule has 1 aliphatic heterocycles. The fourth-order valence-electron chi connectivity index (χ4n) is 2.89. The summed E-state index contributed by atoms with van der Waals surface area (Å²) in [6.45, 7) is 3.91. The van der Waals surface area contributed by atoms with Gasteiger partial charge in [0.15, 0.2) is 11.6 Å². The minimum Gasteiger partial charge on any atom is -0.489 e. The average Bonchev–Trinajstić information content (AvgIpc) is 2.70. The molecule has 0 unspecified atom stereocenters. The predicted octanol–water partition coefficient (Wildman–Crippen LogP) is 1.28. The summed E-state index contributed by atoms with van der Waals surface area (Å²) >= 11 is 0. The molecule has 144 valence electrons. The first-order chi connectivity index (χ1) is 13.1. The molecule has 0 atom stereocenters. The number of anilines is 1. The van der Waals surface area contributed by atoms with Gasteiger partial charge in [-0.3, -0.25) is 9.69 Å². The zero-order valence-corrected chi connectivity index (χ0v) is 15.4. The maximum atomic E-state index is 13.5. The monoisotopic (exact) mass is 373 g/mol. The molecule has 1 fully saturated rings. The molecule has 2 heterocycles. The van der Waals surface area contributed by atoms with Crippen LogP contribution >= 0.6 is 0 Å². The molecular formula is C19H24FN5O2. The standard InChI is InChI=1S/C19H24FN5O2/c1-23(13-14-27-17-6-3-2-5-16(17)20)15-18(26)24-9-11-25(12-10-24)19-21-7-4-8-22-19/h2-8H,9-15H2,1H3. The first-order valence-electron chi connectivity index (χ1n) is 8.99. The van der Waals surface area contributed by atoms with Gasteiger partial charge in [0.25, 0.3) is 0 Å². The average molecular weight is 373 g/mol. The second-order valence-corrected chi connectivity index (χ2v) is 6.43. The van der Waals surface area contributed by atoms with Gasteiger partial charge in [-0.2, -0.15) is 0 Å². The van der Waals surface area contributed by atoms with Crippen molar-refractivity contribution in [1.29, 1.82) is 0 Å². The second-order valence-electron chi connectivity index (χ2n) is 6.43. The summed E-state index contributed by atoms with van der Waals surface area (Å²) in [6.07, 6.45) is 3.44. The minimum atomic E-state index is -0.378. The fraction of sp³-hybridized carbons (Fsp3) is 0.421. The smallest absolute Gasteiger partial charge is 0.236 e. The molecule has 0 radical (unpaired) electrons. The van der Waals surface area contributed by atoms with Crippen molar-refractivity contribution in [2.75, 3.05) is 57.8 Å². The number of piperazine rings is 1. The van der Waals surface area contributed by atoms with E-state index in [-0.39, 0.29) is 17.5 Å². The Bertz CT molecular complexity index is 738. The van der Waals surface area contributed by atoms with Gasteiger partial charge in [0.1, 0.15) is 6.61 Å². The number of amides is 1. The molecule has 0 spiro atoms. The van der Waals surface area contributed by atoms with Crippen molar-refractivity contribution in [1.82, 2.24) is 19.8 Å². The van der Waals surface area contributed by atoms with E-state index in [9.17, 15) is 9.18 Å². The van der Waals surface area contributed by atoms with Gasteiger partial charge in [0.2, 0.25) is 11.9 Å². The molecule has 1 saturated heterocycles. The SMILES string of the molecule is CN(CCOc1ccccc1F)CC(=O)N1CCN(c2ncccn2)CC1. The van der Waals surface area contributed by atoms with Crippen LogP contribution in [-0.2, 0) is 4.79 Å². The van der Waals surface area contributed by atoms with E-state index in [2.05, 4.69) is 14.9 Å². The van der Waals surface area contributed by atoms with Crippen molar-refractivity contribution in [3.8, 4) is 5.75 Å². The number of para-hydroxylation sites is 1. The number of benzene rings is 1. The van der Waals surface area contributed by atoms with Crippen LogP contribution in [0.5, 0.6) is 5.75 Å². The lowest BCUT2D eigenvalue weighted by Crippen LogP contribution is -2.51. The largest absolute Gasteiger partial charge is 0.489 e. The zero-order chi connectivity index (χ0) is 19.1. The van der Waals surface area contributed by atoms with Gasteiger partial charge in [-0.25, -0.2) is 14.4 Å². The quantitative estimate of drug-likeness (QED) is 0.729. The van der Waals surface area contributed by atoms with Crippen LogP contribution in [0.4, 0.5) is 10.3 Å². The van der Waals surface area contributed by atoms with E-state index in [0.717, 1.165) is 13.1 Å². The number of aromatic nitrogens is 2. The molecule has 1 aromatic carbocycles. The third-order valence-electron chi connectivity index (χ3n) is 4.44. The highest BCUT2D eigenvalue weighted by molar-refractivity contribution is 5.78. The number of halogens is 1. The summed E-state index contributed by atoms with van der Waals surface area (Å²) in [7, 11) is 1.86. The van der Waals surface area contributed by atoms with Gasteiger partial charge in [0, 0.05) is 45.1 Å². The Labute approximate surface area is 158 Å². The molecule has 0 saturated carbocycles. The van der Waals surface area contributed by atoms with E-state index in [1.54, 1.807) is 36.7 Å². The van der Waals surface area contributed by atoms with Crippen molar-refractivity contribution in [3.63, 3.8) is 0 Å². The summed E-state index contributed by atoms with van der Waals surface area (Å²) in [5.41, 5.74) is 0. The van der Waals surface area contributed by atoms with Crippen molar-refractivity contribution < 1.29 is 13.9 Å². The van der Waals surface area contributed by atoms with Gasteiger partial charge < -0.3 is 14.5 Å². The summed E-state index contributed by atoms with van der Waals surface area (Å²) < 4.78 is 18.9. The lowest BCUT2D eigenvalue weighted by Gasteiger charge is -2.35. The van der Waals surface area contributed by atoms with E-state index in [1.165, 1.54) is 6.07 Å². The Balaban J connectivity index is 1.38. The third kappa shape index (κ3) is 5.37. The summed E-state index contributed by atoms with van der Waals surface area (Å²) in [4.78, 5) is 26.8. The van der Waals surface area contributed by atoms with Gasteiger partial charge >= 0.3 is 0 Å². The molecule has 1 aliphatic rings. The van der Waals surface area contributed by atoms with Crippen LogP contribution in [0.25, 0.3) is 0 Å². The molecule has 27 heavy (non-hydrogen) atoms. The number of hydrogen-bond acceptors (Lipinski definition) is 6. The molecule has 0 bridgehead atoms. The molecule has 7 nitrogen and oxygen atoms in total. The van der Waals surface area contributed by atoms with Gasteiger partial charge in [-0.15, -0.1) is 0 Å². The van der Waals surface area contributed by atoms with Crippen LogP contribution in [0.3, 0.4) is 0 Å². The highest BCUT2D eigenvalue weighted by atomic mass is 19.1. The Morgan fingerprint density at radius 2 is 1.85 bits per heavy atom. The number of rotatable bonds is 7. The number of carbonyl (C=O) groups excluding carboxylic acids is 1. The van der Waals surface area contributed by atoms with Gasteiger partial charge in [-0.1, -0.05) is 12.1 Å². The maximum Gasteiger partial charge on any atom is 0.236 e. The molecule has 8 heteroatoms. The number of nitrogens with zero attached hydrogens (tertiary/aromatic N) is 5. The highest BCUT2D eigenvalue weighted by Gasteiger charge is 2.23. The minimum absolute atomic E-state index is 0.0806. The topological polar surface area (TPSA) is 61.8 Å². The van der Waals surface area contributed by atoms with Crippen LogP contribution < -0.4 is 9.64 Å². The first-order valence-corrected chi connectivity index (χ1v) is 8.99. The fourth-order valence-corrected chi connectivity index (χ4v) is 2.89. The predicted molar refractivity (Wildman–Crippen MR) is 100 cm³/mol. The second kappa shape index (κ2) is 9.27.